The van der Waals surface area contributed by atoms with Crippen LogP contribution in [0.4, 0.5) is 0 Å². The van der Waals surface area contributed by atoms with Gasteiger partial charge in [0.25, 0.3) is 0 Å². The predicted molar refractivity (Wildman–Crippen MR) is 76.3 cm³/mol. The standard InChI is InChI=1S/C15H21N3O2/c1-10(19-3)9-13-17-15(20-18-13)11(2)14(16)12-7-5-4-6-8-12/h4-8,10-11,14H,9,16H2,1-3H3. The van der Waals surface area contributed by atoms with E-state index in [0.717, 1.165) is 5.56 Å². The van der Waals surface area contributed by atoms with Gasteiger partial charge in [0.15, 0.2) is 5.82 Å². The molecule has 2 rings (SSSR count). The van der Waals surface area contributed by atoms with E-state index in [9.17, 15) is 0 Å². The average molecular weight is 275 g/mol. The molecule has 0 bridgehead atoms. The maximum Gasteiger partial charge on any atom is 0.231 e. The fraction of sp³-hybridized carbons (Fsp3) is 0.467. The third-order valence-electron chi connectivity index (χ3n) is 3.47. The number of nitrogens with zero attached hydrogens (tertiary/aromatic N) is 2. The summed E-state index contributed by atoms with van der Waals surface area (Å²) in [6.07, 6.45) is 0.700. The second kappa shape index (κ2) is 6.63. The zero-order valence-electron chi connectivity index (χ0n) is 12.1. The van der Waals surface area contributed by atoms with Crippen molar-refractivity contribution in [2.24, 2.45) is 5.73 Å². The van der Waals surface area contributed by atoms with Crippen LogP contribution in [-0.2, 0) is 11.2 Å². The second-order valence-electron chi connectivity index (χ2n) is 5.02. The largest absolute Gasteiger partial charge is 0.381 e. The van der Waals surface area contributed by atoms with Gasteiger partial charge in [0.2, 0.25) is 5.89 Å². The molecule has 1 heterocycles. The highest BCUT2D eigenvalue weighted by Gasteiger charge is 2.22. The van der Waals surface area contributed by atoms with Gasteiger partial charge >= 0.3 is 0 Å². The van der Waals surface area contributed by atoms with E-state index in [2.05, 4.69) is 10.1 Å². The van der Waals surface area contributed by atoms with Crippen molar-refractivity contribution < 1.29 is 9.26 Å². The van der Waals surface area contributed by atoms with Crippen LogP contribution in [0.25, 0.3) is 0 Å². The van der Waals surface area contributed by atoms with E-state index in [4.69, 9.17) is 15.0 Å². The number of ether oxygens (including phenoxy) is 1. The molecule has 0 aliphatic carbocycles. The Hall–Kier alpha value is -1.72. The summed E-state index contributed by atoms with van der Waals surface area (Å²) >= 11 is 0. The molecule has 0 aliphatic rings. The highest BCUT2D eigenvalue weighted by molar-refractivity contribution is 5.21. The maximum atomic E-state index is 6.25. The summed E-state index contributed by atoms with van der Waals surface area (Å²) in [5, 5.41) is 3.98. The highest BCUT2D eigenvalue weighted by atomic mass is 16.5. The van der Waals surface area contributed by atoms with Crippen LogP contribution in [0.2, 0.25) is 0 Å². The molecular formula is C15H21N3O2. The lowest BCUT2D eigenvalue weighted by molar-refractivity contribution is 0.116. The van der Waals surface area contributed by atoms with Gasteiger partial charge in [-0.25, -0.2) is 0 Å². The quantitative estimate of drug-likeness (QED) is 0.876. The molecule has 0 spiro atoms. The number of rotatable bonds is 6. The van der Waals surface area contributed by atoms with E-state index in [0.29, 0.717) is 18.1 Å². The smallest absolute Gasteiger partial charge is 0.231 e. The summed E-state index contributed by atoms with van der Waals surface area (Å²) in [6.45, 7) is 3.96. The number of methoxy groups -OCH3 is 1. The SMILES string of the molecule is COC(C)Cc1noc(C(C)C(N)c2ccccc2)n1. The number of benzene rings is 1. The van der Waals surface area contributed by atoms with Gasteiger partial charge in [-0.1, -0.05) is 42.4 Å². The Balaban J connectivity index is 2.07. The Morgan fingerprint density at radius 1 is 1.25 bits per heavy atom. The van der Waals surface area contributed by atoms with Crippen LogP contribution in [0.3, 0.4) is 0 Å². The van der Waals surface area contributed by atoms with Crippen LogP contribution in [0.5, 0.6) is 0 Å². The van der Waals surface area contributed by atoms with E-state index in [1.807, 2.05) is 44.2 Å². The van der Waals surface area contributed by atoms with Gasteiger partial charge in [0.1, 0.15) is 0 Å². The third kappa shape index (κ3) is 3.43. The van der Waals surface area contributed by atoms with Crippen molar-refractivity contribution in [1.29, 1.82) is 0 Å². The minimum absolute atomic E-state index is 0.0310. The lowest BCUT2D eigenvalue weighted by Gasteiger charge is -2.16. The lowest BCUT2D eigenvalue weighted by atomic mass is 9.95. The van der Waals surface area contributed by atoms with Gasteiger partial charge in [-0.3, -0.25) is 0 Å². The van der Waals surface area contributed by atoms with Crippen molar-refractivity contribution in [3.8, 4) is 0 Å². The average Bonchev–Trinajstić information content (AvgIpc) is 2.95. The van der Waals surface area contributed by atoms with E-state index in [-0.39, 0.29) is 18.1 Å². The Morgan fingerprint density at radius 3 is 2.60 bits per heavy atom. The number of aromatic nitrogens is 2. The summed E-state index contributed by atoms with van der Waals surface area (Å²) in [6, 6.07) is 9.77. The Morgan fingerprint density at radius 2 is 1.95 bits per heavy atom. The molecule has 0 saturated carbocycles. The Kier molecular flexibility index (Phi) is 4.87. The molecular weight excluding hydrogens is 254 g/mol. The van der Waals surface area contributed by atoms with E-state index >= 15 is 0 Å². The predicted octanol–water partition coefficient (Wildman–Crippen LogP) is 2.45. The fourth-order valence-electron chi connectivity index (χ4n) is 1.99. The molecule has 1 aromatic carbocycles. The van der Waals surface area contributed by atoms with Gasteiger partial charge < -0.3 is 15.0 Å². The summed E-state index contributed by atoms with van der Waals surface area (Å²) in [5.74, 6) is 1.19. The van der Waals surface area contributed by atoms with E-state index in [1.54, 1.807) is 7.11 Å². The van der Waals surface area contributed by atoms with Crippen LogP contribution in [-0.4, -0.2) is 23.4 Å². The molecule has 2 N–H and O–H groups in total. The van der Waals surface area contributed by atoms with Gasteiger partial charge in [-0.2, -0.15) is 4.98 Å². The summed E-state index contributed by atoms with van der Waals surface area (Å²) in [4.78, 5) is 4.41. The van der Waals surface area contributed by atoms with Gasteiger partial charge in [-0.15, -0.1) is 0 Å². The number of hydrogen-bond acceptors (Lipinski definition) is 5. The molecule has 5 nitrogen and oxygen atoms in total. The molecule has 2 aromatic rings. The van der Waals surface area contributed by atoms with Crippen molar-refractivity contribution in [2.45, 2.75) is 38.3 Å². The molecule has 108 valence electrons. The normalized spacial score (nSPS) is 15.8. The van der Waals surface area contributed by atoms with Gasteiger partial charge in [-0.05, 0) is 12.5 Å². The van der Waals surface area contributed by atoms with E-state index < -0.39 is 0 Å². The Labute approximate surface area is 119 Å². The lowest BCUT2D eigenvalue weighted by Crippen LogP contribution is -2.18. The van der Waals surface area contributed by atoms with Crippen molar-refractivity contribution in [3.05, 3.63) is 47.6 Å². The molecule has 20 heavy (non-hydrogen) atoms. The third-order valence-corrected chi connectivity index (χ3v) is 3.47. The second-order valence-corrected chi connectivity index (χ2v) is 5.02. The summed E-state index contributed by atoms with van der Waals surface area (Å²) in [5.41, 5.74) is 7.31. The fourth-order valence-corrected chi connectivity index (χ4v) is 1.99. The monoisotopic (exact) mass is 275 g/mol. The summed E-state index contributed by atoms with van der Waals surface area (Å²) in [7, 11) is 1.67. The molecule has 1 aromatic heterocycles. The number of nitrogens with two attached hydrogens (primary N) is 1. The van der Waals surface area contributed by atoms with Crippen molar-refractivity contribution in [1.82, 2.24) is 10.1 Å². The molecule has 5 heteroatoms. The first-order valence-electron chi connectivity index (χ1n) is 6.77. The molecule has 0 fully saturated rings. The highest BCUT2D eigenvalue weighted by Crippen LogP contribution is 2.27. The van der Waals surface area contributed by atoms with Crippen LogP contribution >= 0.6 is 0 Å². The van der Waals surface area contributed by atoms with Gasteiger partial charge in [0.05, 0.1) is 12.0 Å². The topological polar surface area (TPSA) is 74.2 Å². The first kappa shape index (κ1) is 14.7. The summed E-state index contributed by atoms with van der Waals surface area (Å²) < 4.78 is 10.5. The maximum absolute atomic E-state index is 6.25. The van der Waals surface area contributed by atoms with E-state index in [1.165, 1.54) is 0 Å². The first-order valence-corrected chi connectivity index (χ1v) is 6.77. The van der Waals surface area contributed by atoms with Crippen LogP contribution in [0, 0.1) is 0 Å². The van der Waals surface area contributed by atoms with Crippen LogP contribution in [0.1, 0.15) is 43.1 Å². The molecule has 0 saturated heterocycles. The molecule has 3 atom stereocenters. The van der Waals surface area contributed by atoms with Gasteiger partial charge in [0, 0.05) is 19.6 Å². The molecule has 0 radical (unpaired) electrons. The van der Waals surface area contributed by atoms with Crippen molar-refractivity contribution in [2.75, 3.05) is 7.11 Å². The minimum atomic E-state index is -0.163. The zero-order chi connectivity index (χ0) is 14.5. The minimum Gasteiger partial charge on any atom is -0.381 e. The Bertz CT molecular complexity index is 527. The van der Waals surface area contributed by atoms with Crippen LogP contribution < -0.4 is 5.73 Å². The first-order chi connectivity index (χ1) is 9.61. The van der Waals surface area contributed by atoms with Crippen molar-refractivity contribution in [3.63, 3.8) is 0 Å². The molecule has 3 unspecified atom stereocenters. The molecule has 0 aliphatic heterocycles. The van der Waals surface area contributed by atoms with Crippen LogP contribution in [0.15, 0.2) is 34.9 Å². The van der Waals surface area contributed by atoms with Crippen molar-refractivity contribution >= 4 is 0 Å². The molecule has 0 amide bonds. The zero-order valence-corrected chi connectivity index (χ0v) is 12.1. The number of hydrogen-bond donors (Lipinski definition) is 1.